The predicted molar refractivity (Wildman–Crippen MR) is 114 cm³/mol. The average Bonchev–Trinajstić information content (AvgIpc) is 2.98. The van der Waals surface area contributed by atoms with Gasteiger partial charge in [0.2, 0.25) is 0 Å². The molecule has 0 radical (unpaired) electrons. The standard InChI is InChI=1S/C22H36O.C3H8O/c1-14-5-6-19-16-10-12-22(4)18(15(2)23)7-8-20(22)17(16)9-11-21(19,3)13-14;1-3-4-2/h15-20,23H,1,5-13H2,2-4H3;3H2,1-2H3/t15?,16?,17?,18?,19?,20?,21-,22?;/m1./s1. The summed E-state index contributed by atoms with van der Waals surface area (Å²) in [5, 5.41) is 10.3. The largest absolute Gasteiger partial charge is 0.393 e. The molecular weight excluding hydrogens is 332 g/mol. The van der Waals surface area contributed by atoms with E-state index in [1.165, 1.54) is 63.4 Å². The summed E-state index contributed by atoms with van der Waals surface area (Å²) in [6, 6.07) is 0. The molecule has 0 aromatic rings. The van der Waals surface area contributed by atoms with Gasteiger partial charge in [-0.15, -0.1) is 0 Å². The van der Waals surface area contributed by atoms with Crippen molar-refractivity contribution in [2.45, 2.75) is 91.6 Å². The van der Waals surface area contributed by atoms with Crippen LogP contribution in [-0.2, 0) is 4.74 Å². The van der Waals surface area contributed by atoms with E-state index >= 15 is 0 Å². The van der Waals surface area contributed by atoms with Gasteiger partial charge in [-0.1, -0.05) is 26.0 Å². The summed E-state index contributed by atoms with van der Waals surface area (Å²) < 4.78 is 4.54. The lowest BCUT2D eigenvalue weighted by Gasteiger charge is -2.59. The minimum Gasteiger partial charge on any atom is -0.393 e. The number of aliphatic hydroxyl groups is 1. The van der Waals surface area contributed by atoms with E-state index in [0.717, 1.165) is 30.3 Å². The van der Waals surface area contributed by atoms with Crippen LogP contribution in [0.5, 0.6) is 0 Å². The second-order valence-electron chi connectivity index (χ2n) is 10.7. The molecule has 8 atom stereocenters. The van der Waals surface area contributed by atoms with Crippen LogP contribution < -0.4 is 0 Å². The molecular formula is C25H44O2. The smallest absolute Gasteiger partial charge is 0.0545 e. The van der Waals surface area contributed by atoms with E-state index in [0.29, 0.717) is 16.7 Å². The van der Waals surface area contributed by atoms with E-state index in [9.17, 15) is 5.11 Å². The Balaban J connectivity index is 0.000000481. The van der Waals surface area contributed by atoms with Crippen LogP contribution >= 0.6 is 0 Å². The first-order valence-electron chi connectivity index (χ1n) is 11.6. The van der Waals surface area contributed by atoms with Crippen molar-refractivity contribution in [3.05, 3.63) is 12.2 Å². The Labute approximate surface area is 168 Å². The zero-order valence-electron chi connectivity index (χ0n) is 18.6. The van der Waals surface area contributed by atoms with Crippen molar-refractivity contribution in [3.8, 4) is 0 Å². The van der Waals surface area contributed by atoms with Gasteiger partial charge in [-0.25, -0.2) is 0 Å². The number of hydrogen-bond donors (Lipinski definition) is 1. The summed E-state index contributed by atoms with van der Waals surface area (Å²) in [6.07, 6.45) is 12.1. The van der Waals surface area contributed by atoms with Gasteiger partial charge in [0, 0.05) is 13.7 Å². The van der Waals surface area contributed by atoms with Crippen molar-refractivity contribution in [3.63, 3.8) is 0 Å². The normalized spacial score (nSPS) is 47.2. The summed E-state index contributed by atoms with van der Waals surface area (Å²) >= 11 is 0. The van der Waals surface area contributed by atoms with Crippen molar-refractivity contribution >= 4 is 0 Å². The number of hydrogen-bond acceptors (Lipinski definition) is 2. The molecule has 156 valence electrons. The minimum atomic E-state index is -0.117. The number of allylic oxidation sites excluding steroid dienone is 1. The molecule has 4 rings (SSSR count). The third-order valence-electron chi connectivity index (χ3n) is 9.36. The van der Waals surface area contributed by atoms with Gasteiger partial charge in [-0.3, -0.25) is 0 Å². The Morgan fingerprint density at radius 3 is 2.33 bits per heavy atom. The molecule has 0 aromatic heterocycles. The molecule has 2 nitrogen and oxygen atoms in total. The molecule has 7 unspecified atom stereocenters. The van der Waals surface area contributed by atoms with Gasteiger partial charge in [0.1, 0.15) is 0 Å². The second-order valence-corrected chi connectivity index (χ2v) is 10.7. The highest BCUT2D eigenvalue weighted by atomic mass is 16.5. The highest BCUT2D eigenvalue weighted by Crippen LogP contribution is 2.67. The summed E-state index contributed by atoms with van der Waals surface area (Å²) in [6.45, 7) is 14.2. The zero-order valence-corrected chi connectivity index (χ0v) is 18.6. The van der Waals surface area contributed by atoms with Crippen LogP contribution in [-0.4, -0.2) is 24.9 Å². The highest BCUT2D eigenvalue weighted by molar-refractivity contribution is 5.13. The molecule has 0 bridgehead atoms. The maximum Gasteiger partial charge on any atom is 0.0545 e. The molecule has 4 aliphatic rings. The van der Waals surface area contributed by atoms with Crippen LogP contribution in [0.15, 0.2) is 12.2 Å². The van der Waals surface area contributed by atoms with Gasteiger partial charge in [0.05, 0.1) is 6.10 Å². The molecule has 0 amide bonds. The number of aliphatic hydroxyl groups excluding tert-OH is 1. The second kappa shape index (κ2) is 8.19. The lowest BCUT2D eigenvalue weighted by Crippen LogP contribution is -2.52. The molecule has 2 heteroatoms. The highest BCUT2D eigenvalue weighted by Gasteiger charge is 2.59. The molecule has 4 aliphatic carbocycles. The Morgan fingerprint density at radius 2 is 1.70 bits per heavy atom. The Morgan fingerprint density at radius 1 is 1.07 bits per heavy atom. The van der Waals surface area contributed by atoms with Crippen LogP contribution in [0.3, 0.4) is 0 Å². The monoisotopic (exact) mass is 376 g/mol. The zero-order chi connectivity index (χ0) is 19.8. The van der Waals surface area contributed by atoms with Crippen LogP contribution in [0.2, 0.25) is 0 Å². The van der Waals surface area contributed by atoms with E-state index in [2.05, 4.69) is 25.2 Å². The molecule has 4 saturated carbocycles. The summed E-state index contributed by atoms with van der Waals surface area (Å²) in [5.74, 6) is 4.29. The molecule has 4 fully saturated rings. The maximum atomic E-state index is 10.3. The van der Waals surface area contributed by atoms with Crippen LogP contribution in [0.1, 0.15) is 85.5 Å². The number of ether oxygens (including phenoxy) is 1. The van der Waals surface area contributed by atoms with E-state index in [-0.39, 0.29) is 6.10 Å². The maximum absolute atomic E-state index is 10.3. The molecule has 27 heavy (non-hydrogen) atoms. The average molecular weight is 377 g/mol. The summed E-state index contributed by atoms with van der Waals surface area (Å²) in [5.41, 5.74) is 2.48. The van der Waals surface area contributed by atoms with E-state index in [1.54, 1.807) is 7.11 Å². The third kappa shape index (κ3) is 3.78. The summed E-state index contributed by atoms with van der Waals surface area (Å²) in [7, 11) is 1.68. The van der Waals surface area contributed by atoms with Crippen molar-refractivity contribution in [1.82, 2.24) is 0 Å². The topological polar surface area (TPSA) is 29.5 Å². The van der Waals surface area contributed by atoms with E-state index in [4.69, 9.17) is 0 Å². The van der Waals surface area contributed by atoms with Gasteiger partial charge >= 0.3 is 0 Å². The Kier molecular flexibility index (Phi) is 6.48. The van der Waals surface area contributed by atoms with Gasteiger partial charge in [-0.2, -0.15) is 0 Å². The minimum absolute atomic E-state index is 0.117. The lowest BCUT2D eigenvalue weighted by molar-refractivity contribution is -0.0988. The molecule has 0 saturated heterocycles. The Hall–Kier alpha value is -0.340. The quantitative estimate of drug-likeness (QED) is 0.578. The van der Waals surface area contributed by atoms with Crippen LogP contribution in [0, 0.1) is 40.4 Å². The predicted octanol–water partition coefficient (Wildman–Crippen LogP) is 6.24. The van der Waals surface area contributed by atoms with E-state index in [1.807, 2.05) is 13.8 Å². The van der Waals surface area contributed by atoms with Crippen molar-refractivity contribution in [2.75, 3.05) is 13.7 Å². The third-order valence-corrected chi connectivity index (χ3v) is 9.36. The van der Waals surface area contributed by atoms with Gasteiger partial charge in [0.15, 0.2) is 0 Å². The van der Waals surface area contributed by atoms with Crippen LogP contribution in [0.4, 0.5) is 0 Å². The number of methoxy groups -OCH3 is 1. The Bertz CT molecular complexity index is 524. The van der Waals surface area contributed by atoms with Crippen molar-refractivity contribution in [1.29, 1.82) is 0 Å². The first-order chi connectivity index (χ1) is 12.8. The number of rotatable bonds is 2. The molecule has 0 heterocycles. The lowest BCUT2D eigenvalue weighted by atomic mass is 9.46. The first kappa shape index (κ1) is 21.4. The van der Waals surface area contributed by atoms with Gasteiger partial charge in [-0.05, 0) is 112 Å². The van der Waals surface area contributed by atoms with E-state index < -0.39 is 0 Å². The molecule has 0 spiro atoms. The van der Waals surface area contributed by atoms with Crippen molar-refractivity contribution < 1.29 is 9.84 Å². The molecule has 0 aliphatic heterocycles. The molecule has 1 N–H and O–H groups in total. The fraction of sp³-hybridized carbons (Fsp3) is 0.920. The SMILES string of the molecule is C=C1CCC2C3CCC4(C)C(C(C)O)CCC4C3CC[C@]2(C)C1.CCOC. The van der Waals surface area contributed by atoms with Gasteiger partial charge < -0.3 is 9.84 Å². The number of fused-ring (bicyclic) bond motifs is 5. The van der Waals surface area contributed by atoms with Crippen LogP contribution in [0.25, 0.3) is 0 Å². The first-order valence-corrected chi connectivity index (χ1v) is 11.6. The van der Waals surface area contributed by atoms with Gasteiger partial charge in [0.25, 0.3) is 0 Å². The summed E-state index contributed by atoms with van der Waals surface area (Å²) in [4.78, 5) is 0. The fourth-order valence-electron chi connectivity index (χ4n) is 8.06. The van der Waals surface area contributed by atoms with Crippen molar-refractivity contribution in [2.24, 2.45) is 40.4 Å². The molecule has 0 aromatic carbocycles. The fourth-order valence-corrected chi connectivity index (χ4v) is 8.06.